The van der Waals surface area contributed by atoms with Crippen LogP contribution in [0.25, 0.3) is 11.0 Å². The Bertz CT molecular complexity index is 567. The van der Waals surface area contributed by atoms with Crippen molar-refractivity contribution in [3.63, 3.8) is 0 Å². The Morgan fingerprint density at radius 3 is 3.00 bits per heavy atom. The molecule has 2 aromatic rings. The number of nitrogens with zero attached hydrogens (tertiary/aromatic N) is 3. The quantitative estimate of drug-likeness (QED) is 0.475. The van der Waals surface area contributed by atoms with Crippen LogP contribution in [-0.2, 0) is 0 Å². The Morgan fingerprint density at radius 1 is 1.50 bits per heavy atom. The summed E-state index contributed by atoms with van der Waals surface area (Å²) in [6.07, 6.45) is 4.41. The topological polar surface area (TPSA) is 50.4 Å². The highest BCUT2D eigenvalue weighted by molar-refractivity contribution is 6.00. The van der Waals surface area contributed by atoms with Crippen molar-refractivity contribution in [1.82, 2.24) is 9.55 Å². The average molecular weight is 215 g/mol. The molecule has 1 heterocycles. The molecule has 1 aromatic heterocycles. The lowest BCUT2D eigenvalue weighted by Gasteiger charge is -2.02. The van der Waals surface area contributed by atoms with Crippen molar-refractivity contribution in [2.24, 2.45) is 5.16 Å². The maximum Gasteiger partial charge on any atom is 0.0960 e. The summed E-state index contributed by atoms with van der Waals surface area (Å²) in [4.78, 5) is 4.38. The third-order valence-electron chi connectivity index (χ3n) is 3.08. The maximum absolute atomic E-state index is 8.73. The monoisotopic (exact) mass is 215 g/mol. The Hall–Kier alpha value is -1.84. The van der Waals surface area contributed by atoms with Crippen LogP contribution in [0.3, 0.4) is 0 Å². The van der Waals surface area contributed by atoms with Crippen LogP contribution in [0.4, 0.5) is 0 Å². The molecule has 0 unspecified atom stereocenters. The highest BCUT2D eigenvalue weighted by Gasteiger charge is 2.24. The summed E-state index contributed by atoms with van der Waals surface area (Å²) in [7, 11) is 0. The van der Waals surface area contributed by atoms with E-state index in [4.69, 9.17) is 5.21 Å². The predicted molar refractivity (Wildman–Crippen MR) is 62.0 cm³/mol. The molecule has 4 heteroatoms. The van der Waals surface area contributed by atoms with Crippen molar-refractivity contribution < 1.29 is 5.21 Å². The van der Waals surface area contributed by atoms with E-state index in [-0.39, 0.29) is 0 Å². The van der Waals surface area contributed by atoms with E-state index in [0.717, 1.165) is 16.6 Å². The second-order valence-electron chi connectivity index (χ2n) is 4.27. The third kappa shape index (κ3) is 1.38. The summed E-state index contributed by atoms with van der Waals surface area (Å²) in [6, 6.07) is 6.62. The molecule has 0 spiro atoms. The zero-order valence-electron chi connectivity index (χ0n) is 9.09. The molecule has 1 N–H and O–H groups in total. The molecule has 16 heavy (non-hydrogen) atoms. The standard InChI is InChI=1S/C12H13N3O/c1-8(14-16)9-2-5-12-11(6-9)13-7-15(12)10-3-4-10/h2,5-7,10,16H,3-4H2,1H3. The molecule has 1 aromatic carbocycles. The summed E-state index contributed by atoms with van der Waals surface area (Å²) >= 11 is 0. The van der Waals surface area contributed by atoms with E-state index in [9.17, 15) is 0 Å². The first-order valence-electron chi connectivity index (χ1n) is 5.45. The summed E-state index contributed by atoms with van der Waals surface area (Å²) in [6.45, 7) is 1.78. The van der Waals surface area contributed by atoms with Gasteiger partial charge in [-0.3, -0.25) is 0 Å². The van der Waals surface area contributed by atoms with Crippen LogP contribution in [-0.4, -0.2) is 20.5 Å². The normalized spacial score (nSPS) is 16.9. The third-order valence-corrected chi connectivity index (χ3v) is 3.08. The molecular weight excluding hydrogens is 202 g/mol. The van der Waals surface area contributed by atoms with Gasteiger partial charge < -0.3 is 9.77 Å². The van der Waals surface area contributed by atoms with Crippen molar-refractivity contribution in [2.75, 3.05) is 0 Å². The van der Waals surface area contributed by atoms with E-state index >= 15 is 0 Å². The van der Waals surface area contributed by atoms with Gasteiger partial charge in [0.1, 0.15) is 0 Å². The smallest absolute Gasteiger partial charge is 0.0960 e. The summed E-state index contributed by atoms with van der Waals surface area (Å²) in [5, 5.41) is 11.9. The molecule has 4 nitrogen and oxygen atoms in total. The van der Waals surface area contributed by atoms with Gasteiger partial charge in [0.25, 0.3) is 0 Å². The summed E-state index contributed by atoms with van der Waals surface area (Å²) < 4.78 is 2.23. The Kier molecular flexibility index (Phi) is 1.96. The number of imidazole rings is 1. The molecule has 0 aliphatic heterocycles. The van der Waals surface area contributed by atoms with Crippen LogP contribution in [0.15, 0.2) is 29.7 Å². The highest BCUT2D eigenvalue weighted by atomic mass is 16.4. The van der Waals surface area contributed by atoms with Gasteiger partial charge in [-0.05, 0) is 31.9 Å². The van der Waals surface area contributed by atoms with E-state index in [2.05, 4.69) is 14.7 Å². The number of aromatic nitrogens is 2. The molecule has 1 fully saturated rings. The number of fused-ring (bicyclic) bond motifs is 1. The lowest BCUT2D eigenvalue weighted by atomic mass is 10.1. The molecule has 82 valence electrons. The van der Waals surface area contributed by atoms with Crippen molar-refractivity contribution in [3.8, 4) is 0 Å². The van der Waals surface area contributed by atoms with Gasteiger partial charge in [-0.2, -0.15) is 0 Å². The zero-order chi connectivity index (χ0) is 11.1. The molecule has 0 bridgehead atoms. The van der Waals surface area contributed by atoms with Gasteiger partial charge in [0.15, 0.2) is 0 Å². The molecule has 1 aliphatic rings. The number of benzene rings is 1. The van der Waals surface area contributed by atoms with Gasteiger partial charge in [0.2, 0.25) is 0 Å². The number of oxime groups is 1. The van der Waals surface area contributed by atoms with Crippen LogP contribution in [0.1, 0.15) is 31.4 Å². The minimum Gasteiger partial charge on any atom is -0.411 e. The van der Waals surface area contributed by atoms with Gasteiger partial charge in [0.05, 0.1) is 23.1 Å². The largest absolute Gasteiger partial charge is 0.411 e. The van der Waals surface area contributed by atoms with Crippen molar-refractivity contribution in [2.45, 2.75) is 25.8 Å². The van der Waals surface area contributed by atoms with Crippen LogP contribution in [0.5, 0.6) is 0 Å². The molecule has 1 saturated carbocycles. The van der Waals surface area contributed by atoms with Gasteiger partial charge in [-0.15, -0.1) is 0 Å². The fourth-order valence-electron chi connectivity index (χ4n) is 1.96. The second kappa shape index (κ2) is 3.33. The average Bonchev–Trinajstić information content (AvgIpc) is 3.08. The molecule has 0 amide bonds. The van der Waals surface area contributed by atoms with E-state index in [0.29, 0.717) is 11.8 Å². The fraction of sp³-hybridized carbons (Fsp3) is 0.333. The first-order valence-corrected chi connectivity index (χ1v) is 5.45. The molecule has 0 radical (unpaired) electrons. The van der Waals surface area contributed by atoms with Gasteiger partial charge in [0, 0.05) is 11.6 Å². The number of rotatable bonds is 2. The molecule has 0 saturated heterocycles. The van der Waals surface area contributed by atoms with Crippen LogP contribution < -0.4 is 0 Å². The predicted octanol–water partition coefficient (Wildman–Crippen LogP) is 2.57. The summed E-state index contributed by atoms with van der Waals surface area (Å²) in [5.74, 6) is 0. The number of hydrogen-bond donors (Lipinski definition) is 1. The van der Waals surface area contributed by atoms with Crippen LogP contribution >= 0.6 is 0 Å². The highest BCUT2D eigenvalue weighted by Crippen LogP contribution is 2.37. The van der Waals surface area contributed by atoms with E-state index in [1.54, 1.807) is 6.92 Å². The van der Waals surface area contributed by atoms with Crippen LogP contribution in [0, 0.1) is 0 Å². The first kappa shape index (κ1) is 9.39. The van der Waals surface area contributed by atoms with Crippen molar-refractivity contribution >= 4 is 16.7 Å². The molecule has 3 rings (SSSR count). The lowest BCUT2D eigenvalue weighted by molar-refractivity contribution is 0.319. The molecular formula is C12H13N3O. The SMILES string of the molecule is CC(=NO)c1ccc2c(c1)ncn2C1CC1. The maximum atomic E-state index is 8.73. The molecule has 0 atom stereocenters. The van der Waals surface area contributed by atoms with Gasteiger partial charge in [-0.25, -0.2) is 4.98 Å². The minimum absolute atomic E-state index is 0.614. The lowest BCUT2D eigenvalue weighted by Crippen LogP contribution is -1.95. The first-order chi connectivity index (χ1) is 7.79. The van der Waals surface area contributed by atoms with Crippen molar-refractivity contribution in [1.29, 1.82) is 0 Å². The van der Waals surface area contributed by atoms with E-state index in [1.165, 1.54) is 12.8 Å². The fourth-order valence-corrected chi connectivity index (χ4v) is 1.96. The Morgan fingerprint density at radius 2 is 2.31 bits per heavy atom. The number of hydrogen-bond acceptors (Lipinski definition) is 3. The molecule has 1 aliphatic carbocycles. The van der Waals surface area contributed by atoms with Gasteiger partial charge in [-0.1, -0.05) is 11.2 Å². The van der Waals surface area contributed by atoms with E-state index in [1.807, 2.05) is 24.5 Å². The zero-order valence-corrected chi connectivity index (χ0v) is 9.09. The second-order valence-corrected chi connectivity index (χ2v) is 4.27. The Labute approximate surface area is 93.2 Å². The minimum atomic E-state index is 0.614. The van der Waals surface area contributed by atoms with E-state index < -0.39 is 0 Å². The van der Waals surface area contributed by atoms with Crippen molar-refractivity contribution in [3.05, 3.63) is 30.1 Å². The Balaban J connectivity index is 2.12. The van der Waals surface area contributed by atoms with Gasteiger partial charge >= 0.3 is 0 Å². The van der Waals surface area contributed by atoms with Crippen LogP contribution in [0.2, 0.25) is 0 Å². The summed E-state index contributed by atoms with van der Waals surface area (Å²) in [5.41, 5.74) is 3.66.